The molecule has 126 valence electrons. The molecule has 0 aromatic heterocycles. The summed E-state index contributed by atoms with van der Waals surface area (Å²) in [6, 6.07) is 11.3. The zero-order valence-corrected chi connectivity index (χ0v) is 13.5. The van der Waals surface area contributed by atoms with E-state index in [1.165, 1.54) is 25.2 Å². The summed E-state index contributed by atoms with van der Waals surface area (Å²) < 4.78 is 19.2. The maximum Gasteiger partial charge on any atom is 0.410 e. The molecular weight excluding hydrogens is 337 g/mol. The highest BCUT2D eigenvalue weighted by Gasteiger charge is 2.32. The number of nitrogens with zero attached hydrogens (tertiary/aromatic N) is 1. The number of ether oxygens (including phenoxy) is 1. The van der Waals surface area contributed by atoms with Crippen molar-refractivity contribution in [1.29, 1.82) is 0 Å². The molecule has 2 rings (SSSR count). The third kappa shape index (κ3) is 4.02. The summed E-state index contributed by atoms with van der Waals surface area (Å²) in [5, 5.41) is 9.17. The number of halogens is 2. The molecule has 0 aliphatic carbocycles. The average Bonchev–Trinajstić information content (AvgIpc) is 2.57. The SMILES string of the molecule is CN(C(=O)OCc1ccccc1)C(C(=O)O)c1cccc(Cl)c1F. The van der Waals surface area contributed by atoms with Gasteiger partial charge in [0, 0.05) is 12.6 Å². The zero-order chi connectivity index (χ0) is 17.7. The van der Waals surface area contributed by atoms with E-state index in [0.29, 0.717) is 0 Å². The first-order valence-electron chi connectivity index (χ1n) is 7.02. The van der Waals surface area contributed by atoms with Gasteiger partial charge in [0.15, 0.2) is 6.04 Å². The Bertz CT molecular complexity index is 739. The van der Waals surface area contributed by atoms with Gasteiger partial charge in [-0.15, -0.1) is 0 Å². The van der Waals surface area contributed by atoms with Crippen molar-refractivity contribution in [3.8, 4) is 0 Å². The van der Waals surface area contributed by atoms with Gasteiger partial charge in [-0.1, -0.05) is 54.1 Å². The van der Waals surface area contributed by atoms with Crippen LogP contribution in [-0.2, 0) is 16.1 Å². The number of carbonyl (C=O) groups excluding carboxylic acids is 1. The molecule has 0 bridgehead atoms. The van der Waals surface area contributed by atoms with Crippen LogP contribution in [-0.4, -0.2) is 29.1 Å². The van der Waals surface area contributed by atoms with Gasteiger partial charge in [0.05, 0.1) is 5.02 Å². The molecule has 0 saturated heterocycles. The predicted molar refractivity (Wildman–Crippen MR) is 86.2 cm³/mol. The first-order valence-corrected chi connectivity index (χ1v) is 7.40. The van der Waals surface area contributed by atoms with E-state index in [0.717, 1.165) is 10.5 Å². The molecule has 5 nitrogen and oxygen atoms in total. The van der Waals surface area contributed by atoms with Gasteiger partial charge in [0.25, 0.3) is 0 Å². The minimum Gasteiger partial charge on any atom is -0.479 e. The molecule has 0 fully saturated rings. The smallest absolute Gasteiger partial charge is 0.410 e. The first-order chi connectivity index (χ1) is 11.4. The third-order valence-electron chi connectivity index (χ3n) is 3.39. The van der Waals surface area contributed by atoms with Crippen LogP contribution in [0.1, 0.15) is 17.2 Å². The summed E-state index contributed by atoms with van der Waals surface area (Å²) in [5.41, 5.74) is 0.536. The second kappa shape index (κ2) is 7.79. The predicted octanol–water partition coefficient (Wildman–Crippen LogP) is 3.87. The topological polar surface area (TPSA) is 66.8 Å². The molecule has 0 spiro atoms. The van der Waals surface area contributed by atoms with Crippen molar-refractivity contribution in [2.75, 3.05) is 7.05 Å². The molecule has 7 heteroatoms. The van der Waals surface area contributed by atoms with Crippen molar-refractivity contribution < 1.29 is 23.8 Å². The number of amides is 1. The van der Waals surface area contributed by atoms with Gasteiger partial charge < -0.3 is 9.84 Å². The van der Waals surface area contributed by atoms with Crippen LogP contribution in [0.15, 0.2) is 48.5 Å². The Labute approximate surface area is 143 Å². The van der Waals surface area contributed by atoms with E-state index in [9.17, 15) is 19.1 Å². The maximum absolute atomic E-state index is 14.1. The van der Waals surface area contributed by atoms with Gasteiger partial charge in [-0.3, -0.25) is 4.90 Å². The highest BCUT2D eigenvalue weighted by atomic mass is 35.5. The van der Waals surface area contributed by atoms with Crippen molar-refractivity contribution in [1.82, 2.24) is 4.90 Å². The first kappa shape index (κ1) is 17.7. The van der Waals surface area contributed by atoms with Crippen LogP contribution < -0.4 is 0 Å². The lowest BCUT2D eigenvalue weighted by molar-refractivity contribution is -0.142. The van der Waals surface area contributed by atoms with Crippen molar-refractivity contribution in [2.24, 2.45) is 0 Å². The molecule has 2 aromatic carbocycles. The molecule has 0 aliphatic rings. The highest BCUT2D eigenvalue weighted by Crippen LogP contribution is 2.27. The maximum atomic E-state index is 14.1. The van der Waals surface area contributed by atoms with Gasteiger partial charge in [-0.2, -0.15) is 0 Å². The number of carboxylic acids is 1. The Morgan fingerprint density at radius 1 is 1.21 bits per heavy atom. The van der Waals surface area contributed by atoms with E-state index < -0.39 is 23.9 Å². The van der Waals surface area contributed by atoms with Crippen molar-refractivity contribution in [3.63, 3.8) is 0 Å². The van der Waals surface area contributed by atoms with Crippen LogP contribution in [0.5, 0.6) is 0 Å². The summed E-state index contributed by atoms with van der Waals surface area (Å²) >= 11 is 5.69. The van der Waals surface area contributed by atoms with Gasteiger partial charge in [0.1, 0.15) is 12.4 Å². The largest absolute Gasteiger partial charge is 0.479 e. The second-order valence-corrected chi connectivity index (χ2v) is 5.44. The van der Waals surface area contributed by atoms with E-state index in [1.807, 2.05) is 6.07 Å². The van der Waals surface area contributed by atoms with E-state index in [-0.39, 0.29) is 17.2 Å². The summed E-state index contributed by atoms with van der Waals surface area (Å²) in [6.07, 6.45) is -0.884. The molecular formula is C17H15ClFNO4. The van der Waals surface area contributed by atoms with Crippen molar-refractivity contribution in [2.45, 2.75) is 12.6 Å². The molecule has 1 N–H and O–H groups in total. The number of hydrogen-bond donors (Lipinski definition) is 1. The fourth-order valence-electron chi connectivity index (χ4n) is 2.17. The lowest BCUT2D eigenvalue weighted by atomic mass is 10.1. The summed E-state index contributed by atoms with van der Waals surface area (Å²) in [6.45, 7) is -0.0195. The van der Waals surface area contributed by atoms with Crippen LogP contribution in [0.25, 0.3) is 0 Å². The quantitative estimate of drug-likeness (QED) is 0.887. The fourth-order valence-corrected chi connectivity index (χ4v) is 2.35. The molecule has 2 aromatic rings. The molecule has 0 radical (unpaired) electrons. The van der Waals surface area contributed by atoms with Crippen LogP contribution in [0, 0.1) is 5.82 Å². The average molecular weight is 352 g/mol. The summed E-state index contributed by atoms with van der Waals surface area (Å²) in [5.74, 6) is -2.27. The molecule has 1 amide bonds. The highest BCUT2D eigenvalue weighted by molar-refractivity contribution is 6.30. The van der Waals surface area contributed by atoms with E-state index in [4.69, 9.17) is 16.3 Å². The second-order valence-electron chi connectivity index (χ2n) is 5.03. The minimum atomic E-state index is -1.55. The van der Waals surface area contributed by atoms with E-state index in [2.05, 4.69) is 0 Å². The van der Waals surface area contributed by atoms with Crippen LogP contribution in [0.4, 0.5) is 9.18 Å². The van der Waals surface area contributed by atoms with E-state index >= 15 is 0 Å². The van der Waals surface area contributed by atoms with Gasteiger partial charge in [-0.25, -0.2) is 14.0 Å². The monoisotopic (exact) mass is 351 g/mol. The molecule has 1 atom stereocenters. The van der Waals surface area contributed by atoms with Gasteiger partial charge >= 0.3 is 12.1 Å². The van der Waals surface area contributed by atoms with Gasteiger partial charge in [0.2, 0.25) is 0 Å². The van der Waals surface area contributed by atoms with Crippen LogP contribution >= 0.6 is 11.6 Å². The molecule has 0 heterocycles. The number of likely N-dealkylation sites (N-methyl/N-ethyl adjacent to an activating group) is 1. The Morgan fingerprint density at radius 3 is 2.50 bits per heavy atom. The van der Waals surface area contributed by atoms with Gasteiger partial charge in [-0.05, 0) is 11.6 Å². The Kier molecular flexibility index (Phi) is 5.76. The number of rotatable bonds is 5. The van der Waals surface area contributed by atoms with Crippen LogP contribution in [0.2, 0.25) is 5.02 Å². The fraction of sp³-hybridized carbons (Fsp3) is 0.176. The normalized spacial score (nSPS) is 11.6. The molecule has 24 heavy (non-hydrogen) atoms. The molecule has 0 saturated carbocycles. The lowest BCUT2D eigenvalue weighted by Crippen LogP contribution is -2.36. The molecule has 1 unspecified atom stereocenters. The van der Waals surface area contributed by atoms with Crippen molar-refractivity contribution in [3.05, 3.63) is 70.5 Å². The number of carboxylic acid groups (broad SMARTS) is 1. The summed E-state index contributed by atoms with van der Waals surface area (Å²) in [4.78, 5) is 24.5. The standard InChI is InChI=1S/C17H15ClFNO4/c1-20(17(23)24-10-11-6-3-2-4-7-11)15(16(21)22)12-8-5-9-13(18)14(12)19/h2-9,15H,10H2,1H3,(H,21,22). The minimum absolute atomic E-state index is 0.0195. The number of aliphatic carboxylic acids is 1. The Balaban J connectivity index is 2.17. The van der Waals surface area contributed by atoms with Crippen LogP contribution in [0.3, 0.4) is 0 Å². The Morgan fingerprint density at radius 2 is 1.88 bits per heavy atom. The number of hydrogen-bond acceptors (Lipinski definition) is 3. The lowest BCUT2D eigenvalue weighted by Gasteiger charge is -2.25. The van der Waals surface area contributed by atoms with E-state index in [1.54, 1.807) is 24.3 Å². The zero-order valence-electron chi connectivity index (χ0n) is 12.8. The van der Waals surface area contributed by atoms with Crippen molar-refractivity contribution >= 4 is 23.7 Å². The number of benzene rings is 2. The molecule has 0 aliphatic heterocycles. The summed E-state index contributed by atoms with van der Waals surface area (Å²) in [7, 11) is 1.23. The third-order valence-corrected chi connectivity index (χ3v) is 3.68. The number of carbonyl (C=O) groups is 2. The Hall–Kier alpha value is -2.60.